The highest BCUT2D eigenvalue weighted by molar-refractivity contribution is 5.41. The van der Waals surface area contributed by atoms with Crippen LogP contribution in [0.5, 0.6) is 11.5 Å². The second kappa shape index (κ2) is 6.61. The molecule has 1 rings (SSSR count). The molecular weight excluding hydrogens is 230 g/mol. The van der Waals surface area contributed by atoms with Gasteiger partial charge in [-0.1, -0.05) is 26.8 Å². The van der Waals surface area contributed by atoms with Crippen molar-refractivity contribution in [1.82, 2.24) is 5.32 Å². The van der Waals surface area contributed by atoms with Gasteiger partial charge in [0.2, 0.25) is 0 Å². The van der Waals surface area contributed by atoms with Crippen molar-refractivity contribution in [3.05, 3.63) is 23.8 Å². The number of aliphatic hydroxyl groups excluding tert-OH is 1. The van der Waals surface area contributed by atoms with Gasteiger partial charge in [0.05, 0.1) is 6.10 Å². The molecule has 4 N–H and O–H groups in total. The summed E-state index contributed by atoms with van der Waals surface area (Å²) in [6.45, 7) is 6.82. The number of aliphatic hydroxyl groups is 1. The second-order valence-corrected chi connectivity index (χ2v) is 4.93. The summed E-state index contributed by atoms with van der Waals surface area (Å²) in [4.78, 5) is 0. The molecule has 0 bridgehead atoms. The first kappa shape index (κ1) is 14.8. The van der Waals surface area contributed by atoms with Crippen LogP contribution in [0.25, 0.3) is 0 Å². The molecule has 0 saturated carbocycles. The minimum atomic E-state index is -0.690. The molecule has 0 amide bonds. The van der Waals surface area contributed by atoms with Crippen LogP contribution in [0.4, 0.5) is 0 Å². The van der Waals surface area contributed by atoms with Gasteiger partial charge in [-0.05, 0) is 30.0 Å². The summed E-state index contributed by atoms with van der Waals surface area (Å²) in [7, 11) is 0. The van der Waals surface area contributed by atoms with E-state index in [9.17, 15) is 15.3 Å². The molecule has 0 aliphatic carbocycles. The molecule has 0 fully saturated rings. The Morgan fingerprint density at radius 3 is 2.33 bits per heavy atom. The van der Waals surface area contributed by atoms with Crippen LogP contribution >= 0.6 is 0 Å². The van der Waals surface area contributed by atoms with Gasteiger partial charge in [-0.25, -0.2) is 0 Å². The van der Waals surface area contributed by atoms with Gasteiger partial charge >= 0.3 is 0 Å². The van der Waals surface area contributed by atoms with Crippen molar-refractivity contribution >= 4 is 0 Å². The van der Waals surface area contributed by atoms with Gasteiger partial charge in [-0.2, -0.15) is 0 Å². The summed E-state index contributed by atoms with van der Waals surface area (Å²) < 4.78 is 0. The first-order chi connectivity index (χ1) is 8.45. The van der Waals surface area contributed by atoms with E-state index >= 15 is 0 Å². The topological polar surface area (TPSA) is 72.7 Å². The number of phenols is 2. The van der Waals surface area contributed by atoms with Gasteiger partial charge in [0, 0.05) is 12.6 Å². The standard InChI is InChI=1S/C14H23NO3/c1-4-11(9(2)3)15-8-14(18)10-5-6-12(16)13(17)7-10/h5-7,9,11,14-18H,4,8H2,1-3H3. The van der Waals surface area contributed by atoms with E-state index in [4.69, 9.17) is 0 Å². The zero-order valence-corrected chi connectivity index (χ0v) is 11.2. The normalized spacial score (nSPS) is 14.7. The maximum Gasteiger partial charge on any atom is 0.157 e. The molecule has 0 spiro atoms. The second-order valence-electron chi connectivity index (χ2n) is 4.93. The molecule has 0 saturated heterocycles. The third-order valence-corrected chi connectivity index (χ3v) is 3.20. The van der Waals surface area contributed by atoms with Crippen molar-refractivity contribution < 1.29 is 15.3 Å². The van der Waals surface area contributed by atoms with E-state index in [0.29, 0.717) is 24.1 Å². The molecule has 0 heterocycles. The minimum absolute atomic E-state index is 0.174. The van der Waals surface area contributed by atoms with E-state index < -0.39 is 6.10 Å². The highest BCUT2D eigenvalue weighted by Crippen LogP contribution is 2.27. The number of hydrogen-bond acceptors (Lipinski definition) is 4. The first-order valence-electron chi connectivity index (χ1n) is 6.39. The molecular formula is C14H23NO3. The van der Waals surface area contributed by atoms with E-state index in [1.165, 1.54) is 12.1 Å². The lowest BCUT2D eigenvalue weighted by Crippen LogP contribution is -2.36. The summed E-state index contributed by atoms with van der Waals surface area (Å²) in [5.41, 5.74) is 0.594. The molecule has 0 aromatic heterocycles. The van der Waals surface area contributed by atoms with Crippen molar-refractivity contribution in [1.29, 1.82) is 0 Å². The van der Waals surface area contributed by atoms with Gasteiger partial charge in [0.1, 0.15) is 0 Å². The number of nitrogens with one attached hydrogen (secondary N) is 1. The molecule has 2 atom stereocenters. The predicted octanol–water partition coefficient (Wildman–Crippen LogP) is 2.16. The molecule has 0 aliphatic rings. The highest BCUT2D eigenvalue weighted by Gasteiger charge is 2.14. The number of hydrogen-bond donors (Lipinski definition) is 4. The van der Waals surface area contributed by atoms with Crippen molar-refractivity contribution in [3.63, 3.8) is 0 Å². The highest BCUT2D eigenvalue weighted by atomic mass is 16.3. The average Bonchev–Trinajstić information content (AvgIpc) is 2.32. The minimum Gasteiger partial charge on any atom is -0.504 e. The average molecular weight is 253 g/mol. The third kappa shape index (κ3) is 3.89. The number of benzene rings is 1. The van der Waals surface area contributed by atoms with E-state index in [0.717, 1.165) is 6.42 Å². The van der Waals surface area contributed by atoms with Gasteiger partial charge in [0.15, 0.2) is 11.5 Å². The smallest absolute Gasteiger partial charge is 0.157 e. The fraction of sp³-hybridized carbons (Fsp3) is 0.571. The van der Waals surface area contributed by atoms with Crippen molar-refractivity contribution in [2.24, 2.45) is 5.92 Å². The summed E-state index contributed by atoms with van der Waals surface area (Å²) >= 11 is 0. The monoisotopic (exact) mass is 253 g/mol. The zero-order chi connectivity index (χ0) is 13.7. The van der Waals surface area contributed by atoms with Crippen LogP contribution in [-0.2, 0) is 0 Å². The molecule has 1 aromatic rings. The van der Waals surface area contributed by atoms with Crippen LogP contribution in [0, 0.1) is 5.92 Å². The Balaban J connectivity index is 2.59. The number of aromatic hydroxyl groups is 2. The summed E-state index contributed by atoms with van der Waals surface area (Å²) in [6.07, 6.45) is 0.315. The van der Waals surface area contributed by atoms with Gasteiger partial charge in [0.25, 0.3) is 0 Å². The van der Waals surface area contributed by atoms with Gasteiger partial charge < -0.3 is 20.6 Å². The van der Waals surface area contributed by atoms with Crippen molar-refractivity contribution in [3.8, 4) is 11.5 Å². The van der Waals surface area contributed by atoms with E-state index in [1.807, 2.05) is 0 Å². The molecule has 0 radical (unpaired) electrons. The molecule has 2 unspecified atom stereocenters. The largest absolute Gasteiger partial charge is 0.504 e. The third-order valence-electron chi connectivity index (χ3n) is 3.20. The van der Waals surface area contributed by atoms with E-state index in [-0.39, 0.29) is 11.5 Å². The Hall–Kier alpha value is -1.26. The lowest BCUT2D eigenvalue weighted by Gasteiger charge is -2.22. The fourth-order valence-corrected chi connectivity index (χ4v) is 1.98. The lowest BCUT2D eigenvalue weighted by atomic mass is 10.0. The zero-order valence-electron chi connectivity index (χ0n) is 11.2. The van der Waals surface area contributed by atoms with Crippen molar-refractivity contribution in [2.45, 2.75) is 39.3 Å². The molecule has 18 heavy (non-hydrogen) atoms. The molecule has 102 valence electrons. The number of rotatable bonds is 6. The summed E-state index contributed by atoms with van der Waals surface area (Å²) in [6, 6.07) is 4.74. The Morgan fingerprint density at radius 2 is 1.83 bits per heavy atom. The SMILES string of the molecule is CCC(NCC(O)c1ccc(O)c(O)c1)C(C)C. The first-order valence-corrected chi connectivity index (χ1v) is 6.39. The van der Waals surface area contributed by atoms with E-state index in [2.05, 4.69) is 26.1 Å². The quantitative estimate of drug-likeness (QED) is 0.586. The fourth-order valence-electron chi connectivity index (χ4n) is 1.98. The molecule has 4 nitrogen and oxygen atoms in total. The van der Waals surface area contributed by atoms with Crippen LogP contribution in [-0.4, -0.2) is 27.9 Å². The number of phenolic OH excluding ortho intramolecular Hbond substituents is 2. The molecule has 0 aliphatic heterocycles. The van der Waals surface area contributed by atoms with Crippen LogP contribution in [0.3, 0.4) is 0 Å². The maximum atomic E-state index is 10.0. The van der Waals surface area contributed by atoms with Gasteiger partial charge in [-0.15, -0.1) is 0 Å². The van der Waals surface area contributed by atoms with Crippen molar-refractivity contribution in [2.75, 3.05) is 6.54 Å². The Bertz CT molecular complexity index is 379. The maximum absolute atomic E-state index is 10.0. The van der Waals surface area contributed by atoms with Crippen LogP contribution in [0.1, 0.15) is 38.9 Å². The predicted molar refractivity (Wildman–Crippen MR) is 71.7 cm³/mol. The molecule has 4 heteroatoms. The lowest BCUT2D eigenvalue weighted by molar-refractivity contribution is 0.164. The Kier molecular flexibility index (Phi) is 5.44. The van der Waals surface area contributed by atoms with Crippen LogP contribution in [0.2, 0.25) is 0 Å². The summed E-state index contributed by atoms with van der Waals surface area (Å²) in [5, 5.41) is 31.9. The van der Waals surface area contributed by atoms with Crippen LogP contribution in [0.15, 0.2) is 18.2 Å². The molecule has 1 aromatic carbocycles. The Morgan fingerprint density at radius 1 is 1.17 bits per heavy atom. The Labute approximate surface area is 108 Å². The van der Waals surface area contributed by atoms with Crippen LogP contribution < -0.4 is 5.32 Å². The van der Waals surface area contributed by atoms with E-state index in [1.54, 1.807) is 6.07 Å². The van der Waals surface area contributed by atoms with Gasteiger partial charge in [-0.3, -0.25) is 0 Å². The summed E-state index contributed by atoms with van der Waals surface area (Å²) in [5.74, 6) is 0.130.